The highest BCUT2D eigenvalue weighted by atomic mass is 35.5. The quantitative estimate of drug-likeness (QED) is 0.939. The van der Waals surface area contributed by atoms with Gasteiger partial charge in [-0.15, -0.1) is 0 Å². The number of halogens is 1. The molecule has 0 bridgehead atoms. The number of aryl methyl sites for hydroxylation is 1. The van der Waals surface area contributed by atoms with Gasteiger partial charge in [0, 0.05) is 11.1 Å². The Kier molecular flexibility index (Phi) is 3.48. The van der Waals surface area contributed by atoms with Crippen molar-refractivity contribution in [2.24, 2.45) is 0 Å². The van der Waals surface area contributed by atoms with Crippen molar-refractivity contribution in [3.63, 3.8) is 0 Å². The minimum atomic E-state index is -2.87. The molecule has 5 nitrogen and oxygen atoms in total. The van der Waals surface area contributed by atoms with Crippen LogP contribution in [-0.2, 0) is 16.4 Å². The highest BCUT2D eigenvalue weighted by Crippen LogP contribution is 2.24. The average Bonchev–Trinajstić information content (AvgIpc) is 2.90. The molecular weight excluding hydrogens is 300 g/mol. The van der Waals surface area contributed by atoms with E-state index in [0.29, 0.717) is 23.9 Å². The smallest absolute Gasteiger partial charge is 0.209 e. The molecule has 0 radical (unpaired) electrons. The van der Waals surface area contributed by atoms with Crippen LogP contribution in [-0.4, -0.2) is 30.9 Å². The molecule has 1 atom stereocenters. The summed E-state index contributed by atoms with van der Waals surface area (Å²) in [6.07, 6.45) is 0.646. The minimum absolute atomic E-state index is 0.0142. The monoisotopic (exact) mass is 314 g/mol. The van der Waals surface area contributed by atoms with Crippen LogP contribution < -0.4 is 5.32 Å². The fraction of sp³-hybridized carbons (Fsp3) is 0.462. The molecule has 1 aliphatic heterocycles. The molecule has 3 rings (SSSR count). The largest absolute Gasteiger partial charge is 0.439 e. The van der Waals surface area contributed by atoms with Crippen LogP contribution in [0.15, 0.2) is 16.5 Å². The van der Waals surface area contributed by atoms with E-state index in [0.717, 1.165) is 16.7 Å². The Morgan fingerprint density at radius 3 is 3.00 bits per heavy atom. The van der Waals surface area contributed by atoms with Crippen LogP contribution in [0.3, 0.4) is 0 Å². The minimum Gasteiger partial charge on any atom is -0.439 e. The maximum atomic E-state index is 11.4. The molecule has 7 heteroatoms. The summed E-state index contributed by atoms with van der Waals surface area (Å²) in [4.78, 5) is 4.37. The molecule has 1 aliphatic rings. The Labute approximate surface area is 122 Å². The Bertz CT molecular complexity index is 754. The molecule has 108 valence electrons. The first-order valence-corrected chi connectivity index (χ1v) is 8.62. The van der Waals surface area contributed by atoms with Crippen LogP contribution in [0.25, 0.3) is 11.1 Å². The number of fused-ring (bicyclic) bond motifs is 1. The molecule has 1 N–H and O–H groups in total. The molecule has 1 aromatic heterocycles. The van der Waals surface area contributed by atoms with Crippen LogP contribution >= 0.6 is 11.6 Å². The second-order valence-corrected chi connectivity index (χ2v) is 7.82. The zero-order valence-electron chi connectivity index (χ0n) is 11.0. The van der Waals surface area contributed by atoms with E-state index in [1.54, 1.807) is 6.07 Å². The SMILES string of the molecule is Cc1cc(Cl)cc2nc(CNC3CCS(=O)(=O)C3)oc12. The second-order valence-electron chi connectivity index (χ2n) is 5.16. The molecule has 2 aromatic rings. The summed E-state index contributed by atoms with van der Waals surface area (Å²) in [5.74, 6) is 1.00. The van der Waals surface area contributed by atoms with Crippen molar-refractivity contribution in [3.05, 3.63) is 28.6 Å². The van der Waals surface area contributed by atoms with Gasteiger partial charge >= 0.3 is 0 Å². The molecule has 1 aromatic carbocycles. The number of oxazole rings is 1. The van der Waals surface area contributed by atoms with Gasteiger partial charge in [0.15, 0.2) is 15.4 Å². The van der Waals surface area contributed by atoms with Crippen LogP contribution in [0.2, 0.25) is 5.02 Å². The third-order valence-corrected chi connectivity index (χ3v) is 5.45. The molecule has 0 saturated carbocycles. The maximum Gasteiger partial charge on any atom is 0.209 e. The van der Waals surface area contributed by atoms with Gasteiger partial charge in [-0.3, -0.25) is 0 Å². The van der Waals surface area contributed by atoms with Crippen molar-refractivity contribution in [2.45, 2.75) is 25.9 Å². The maximum absolute atomic E-state index is 11.4. The summed E-state index contributed by atoms with van der Waals surface area (Å²) in [6, 6.07) is 3.58. The lowest BCUT2D eigenvalue weighted by molar-refractivity contribution is 0.462. The van der Waals surface area contributed by atoms with Crippen molar-refractivity contribution >= 4 is 32.5 Å². The molecule has 1 fully saturated rings. The molecule has 0 amide bonds. The van der Waals surface area contributed by atoms with Gasteiger partial charge in [-0.2, -0.15) is 0 Å². The Morgan fingerprint density at radius 2 is 2.30 bits per heavy atom. The molecular formula is C13H15ClN2O3S. The fourth-order valence-electron chi connectivity index (χ4n) is 2.47. The van der Waals surface area contributed by atoms with Crippen LogP contribution in [0.5, 0.6) is 0 Å². The first-order valence-electron chi connectivity index (χ1n) is 6.42. The van der Waals surface area contributed by atoms with Gasteiger partial charge in [-0.25, -0.2) is 13.4 Å². The predicted molar refractivity (Wildman–Crippen MR) is 77.7 cm³/mol. The van der Waals surface area contributed by atoms with Gasteiger partial charge in [0.25, 0.3) is 0 Å². The van der Waals surface area contributed by atoms with Gasteiger partial charge in [0.2, 0.25) is 5.89 Å². The molecule has 0 spiro atoms. The Hall–Kier alpha value is -1.11. The van der Waals surface area contributed by atoms with E-state index < -0.39 is 9.84 Å². The van der Waals surface area contributed by atoms with Gasteiger partial charge in [0.05, 0.1) is 18.1 Å². The number of benzene rings is 1. The van der Waals surface area contributed by atoms with Crippen molar-refractivity contribution in [3.8, 4) is 0 Å². The lowest BCUT2D eigenvalue weighted by Crippen LogP contribution is -2.29. The van der Waals surface area contributed by atoms with E-state index in [-0.39, 0.29) is 17.5 Å². The zero-order valence-corrected chi connectivity index (χ0v) is 12.6. The third kappa shape index (κ3) is 2.82. The summed E-state index contributed by atoms with van der Waals surface area (Å²) in [5.41, 5.74) is 2.39. The lowest BCUT2D eigenvalue weighted by atomic mass is 10.2. The van der Waals surface area contributed by atoms with Crippen LogP contribution in [0, 0.1) is 6.92 Å². The fourth-order valence-corrected chi connectivity index (χ4v) is 4.44. The first kappa shape index (κ1) is 13.9. The average molecular weight is 315 g/mol. The normalized spacial score (nSPS) is 21.6. The second kappa shape index (κ2) is 5.02. The van der Waals surface area contributed by atoms with Crippen molar-refractivity contribution in [1.82, 2.24) is 10.3 Å². The van der Waals surface area contributed by atoms with E-state index in [1.165, 1.54) is 0 Å². The molecule has 1 unspecified atom stereocenters. The van der Waals surface area contributed by atoms with E-state index in [2.05, 4.69) is 10.3 Å². The highest BCUT2D eigenvalue weighted by molar-refractivity contribution is 7.91. The summed E-state index contributed by atoms with van der Waals surface area (Å²) in [6.45, 7) is 2.34. The number of nitrogens with zero attached hydrogens (tertiary/aromatic N) is 1. The highest BCUT2D eigenvalue weighted by Gasteiger charge is 2.27. The number of nitrogens with one attached hydrogen (secondary N) is 1. The molecule has 2 heterocycles. The Balaban J connectivity index is 1.74. The van der Waals surface area contributed by atoms with Crippen LogP contribution in [0.1, 0.15) is 17.9 Å². The van der Waals surface area contributed by atoms with Gasteiger partial charge in [0.1, 0.15) is 5.52 Å². The van der Waals surface area contributed by atoms with E-state index in [9.17, 15) is 8.42 Å². The Morgan fingerprint density at radius 1 is 1.50 bits per heavy atom. The number of aromatic nitrogens is 1. The third-order valence-electron chi connectivity index (χ3n) is 3.46. The summed E-state index contributed by atoms with van der Waals surface area (Å²) in [7, 11) is -2.87. The molecule has 0 aliphatic carbocycles. The number of hydrogen-bond donors (Lipinski definition) is 1. The van der Waals surface area contributed by atoms with Gasteiger partial charge in [-0.05, 0) is 31.0 Å². The van der Waals surface area contributed by atoms with Crippen LogP contribution in [0.4, 0.5) is 0 Å². The molecule has 20 heavy (non-hydrogen) atoms. The topological polar surface area (TPSA) is 72.2 Å². The van der Waals surface area contributed by atoms with Crippen molar-refractivity contribution in [2.75, 3.05) is 11.5 Å². The first-order chi connectivity index (χ1) is 9.43. The number of rotatable bonds is 3. The standard InChI is InChI=1S/C13H15ClN2O3S/c1-8-4-9(14)5-11-13(8)19-12(16-11)6-15-10-2-3-20(17,18)7-10/h4-5,10,15H,2-3,6-7H2,1H3. The summed E-state index contributed by atoms with van der Waals surface area (Å²) in [5, 5.41) is 3.81. The van der Waals surface area contributed by atoms with Crippen molar-refractivity contribution < 1.29 is 12.8 Å². The molecule has 1 saturated heterocycles. The van der Waals surface area contributed by atoms with Gasteiger partial charge < -0.3 is 9.73 Å². The van der Waals surface area contributed by atoms with E-state index in [4.69, 9.17) is 16.0 Å². The van der Waals surface area contributed by atoms with E-state index in [1.807, 2.05) is 13.0 Å². The number of hydrogen-bond acceptors (Lipinski definition) is 5. The van der Waals surface area contributed by atoms with E-state index >= 15 is 0 Å². The van der Waals surface area contributed by atoms with Crippen molar-refractivity contribution in [1.29, 1.82) is 0 Å². The predicted octanol–water partition coefficient (Wildman–Crippen LogP) is 2.07. The lowest BCUT2D eigenvalue weighted by Gasteiger charge is -2.07. The number of sulfone groups is 1. The van der Waals surface area contributed by atoms with Gasteiger partial charge in [-0.1, -0.05) is 11.6 Å². The zero-order chi connectivity index (χ0) is 14.3. The summed E-state index contributed by atoms with van der Waals surface area (Å²) >= 11 is 5.98. The summed E-state index contributed by atoms with van der Waals surface area (Å²) < 4.78 is 28.4.